The van der Waals surface area contributed by atoms with Crippen LogP contribution in [0.2, 0.25) is 0 Å². The maximum atomic E-state index is 13.7. The predicted octanol–water partition coefficient (Wildman–Crippen LogP) is 5.43. The van der Waals surface area contributed by atoms with Crippen LogP contribution in [0.3, 0.4) is 0 Å². The summed E-state index contributed by atoms with van der Waals surface area (Å²) in [5.74, 6) is 1.21. The fourth-order valence-electron chi connectivity index (χ4n) is 4.83. The molecule has 1 aliphatic carbocycles. The van der Waals surface area contributed by atoms with Crippen molar-refractivity contribution in [1.29, 1.82) is 0 Å². The second-order valence-corrected chi connectivity index (χ2v) is 9.51. The molecule has 1 unspecified atom stereocenters. The number of rotatable bonds is 6. The van der Waals surface area contributed by atoms with Crippen LogP contribution in [0.5, 0.6) is 0 Å². The smallest absolute Gasteiger partial charge is 0.266 e. The number of amides is 1. The van der Waals surface area contributed by atoms with Gasteiger partial charge < -0.3 is 4.90 Å². The highest BCUT2D eigenvalue weighted by Crippen LogP contribution is 2.31. The molecule has 1 aromatic heterocycles. The summed E-state index contributed by atoms with van der Waals surface area (Å²) in [5, 5.41) is 0.586. The van der Waals surface area contributed by atoms with E-state index in [-0.39, 0.29) is 23.4 Å². The number of hydrogen-bond donors (Lipinski definition) is 0. The Balaban J connectivity index is 1.89. The van der Waals surface area contributed by atoms with Gasteiger partial charge in [-0.15, -0.1) is 0 Å². The van der Waals surface area contributed by atoms with Crippen LogP contribution in [-0.2, 0) is 4.79 Å². The average Bonchev–Trinajstić information content (AvgIpc) is 3.31. The molecule has 1 fully saturated rings. The van der Waals surface area contributed by atoms with Crippen LogP contribution in [0.4, 0.5) is 0 Å². The minimum absolute atomic E-state index is 0.0794. The first-order valence-corrected chi connectivity index (χ1v) is 11.8. The summed E-state index contributed by atoms with van der Waals surface area (Å²) >= 11 is 0. The Kier molecular flexibility index (Phi) is 6.45. The molecule has 0 N–H and O–H groups in total. The molecule has 2 aromatic carbocycles. The monoisotopic (exact) mass is 431 g/mol. The van der Waals surface area contributed by atoms with E-state index in [4.69, 9.17) is 4.98 Å². The first-order valence-electron chi connectivity index (χ1n) is 11.8. The Labute approximate surface area is 190 Å². The molecule has 5 nitrogen and oxygen atoms in total. The highest BCUT2D eigenvalue weighted by molar-refractivity contribution is 5.80. The van der Waals surface area contributed by atoms with Gasteiger partial charge in [0.2, 0.25) is 5.91 Å². The van der Waals surface area contributed by atoms with Gasteiger partial charge in [-0.2, -0.15) is 0 Å². The number of aryl methyl sites for hydroxylation is 1. The van der Waals surface area contributed by atoms with Crippen LogP contribution >= 0.6 is 0 Å². The number of hydrogen-bond acceptors (Lipinski definition) is 3. The van der Waals surface area contributed by atoms with Gasteiger partial charge in [0.25, 0.3) is 5.56 Å². The lowest BCUT2D eigenvalue weighted by Crippen LogP contribution is -2.42. The summed E-state index contributed by atoms with van der Waals surface area (Å²) in [6.45, 7) is 8.93. The summed E-state index contributed by atoms with van der Waals surface area (Å²) in [6.07, 6.45) is 4.14. The molecule has 1 saturated carbocycles. The van der Waals surface area contributed by atoms with Crippen molar-refractivity contribution in [2.75, 3.05) is 6.54 Å². The Morgan fingerprint density at radius 1 is 1.09 bits per heavy atom. The lowest BCUT2D eigenvalue weighted by Gasteiger charge is -2.33. The Hall–Kier alpha value is -2.95. The minimum atomic E-state index is -0.316. The molecule has 168 valence electrons. The summed E-state index contributed by atoms with van der Waals surface area (Å²) in [5.41, 5.74) is 2.43. The molecule has 1 amide bonds. The SMILES string of the molecule is Cc1cccc(-n2c(C(C)N(CC(C)C)C(=O)C3CCCC3)nc3ccccc3c2=O)c1. The molecule has 32 heavy (non-hydrogen) atoms. The van der Waals surface area contributed by atoms with Crippen molar-refractivity contribution in [3.63, 3.8) is 0 Å². The van der Waals surface area contributed by atoms with Gasteiger partial charge in [-0.05, 0) is 62.4 Å². The molecule has 1 atom stereocenters. The zero-order valence-corrected chi connectivity index (χ0v) is 19.5. The van der Waals surface area contributed by atoms with Crippen molar-refractivity contribution < 1.29 is 4.79 Å². The molecule has 0 bridgehead atoms. The quantitative estimate of drug-likeness (QED) is 0.523. The van der Waals surface area contributed by atoms with Gasteiger partial charge in [-0.1, -0.05) is 51.0 Å². The third-order valence-corrected chi connectivity index (χ3v) is 6.45. The van der Waals surface area contributed by atoms with Crippen molar-refractivity contribution in [3.05, 3.63) is 70.3 Å². The highest BCUT2D eigenvalue weighted by atomic mass is 16.2. The fraction of sp³-hybridized carbons (Fsp3) is 0.444. The number of nitrogens with zero attached hydrogens (tertiary/aromatic N) is 3. The van der Waals surface area contributed by atoms with Gasteiger partial charge in [-0.3, -0.25) is 14.2 Å². The van der Waals surface area contributed by atoms with Gasteiger partial charge in [0.15, 0.2) is 0 Å². The molecule has 1 aliphatic rings. The highest BCUT2D eigenvalue weighted by Gasteiger charge is 2.33. The van der Waals surface area contributed by atoms with E-state index in [0.717, 1.165) is 36.9 Å². The fourth-order valence-corrected chi connectivity index (χ4v) is 4.83. The molecule has 0 spiro atoms. The van der Waals surface area contributed by atoms with Crippen LogP contribution in [0.25, 0.3) is 16.6 Å². The van der Waals surface area contributed by atoms with Crippen molar-refractivity contribution in [2.45, 2.75) is 59.4 Å². The second kappa shape index (κ2) is 9.27. The lowest BCUT2D eigenvalue weighted by atomic mass is 10.0. The van der Waals surface area contributed by atoms with Crippen LogP contribution in [0, 0.1) is 18.8 Å². The van der Waals surface area contributed by atoms with Crippen molar-refractivity contribution in [1.82, 2.24) is 14.5 Å². The third kappa shape index (κ3) is 4.34. The summed E-state index contributed by atoms with van der Waals surface area (Å²) in [7, 11) is 0. The molecular formula is C27H33N3O2. The number of carbonyl (C=O) groups excluding carboxylic acids is 1. The van der Waals surface area contributed by atoms with Gasteiger partial charge >= 0.3 is 0 Å². The van der Waals surface area contributed by atoms with Crippen LogP contribution in [-0.4, -0.2) is 26.9 Å². The van der Waals surface area contributed by atoms with E-state index in [9.17, 15) is 9.59 Å². The number of carbonyl (C=O) groups is 1. The second-order valence-electron chi connectivity index (χ2n) is 9.51. The van der Waals surface area contributed by atoms with E-state index in [1.165, 1.54) is 0 Å². The maximum Gasteiger partial charge on any atom is 0.266 e. The van der Waals surface area contributed by atoms with Crippen LogP contribution in [0.1, 0.15) is 63.9 Å². The lowest BCUT2D eigenvalue weighted by molar-refractivity contribution is -0.138. The van der Waals surface area contributed by atoms with Crippen molar-refractivity contribution in [2.24, 2.45) is 11.8 Å². The van der Waals surface area contributed by atoms with E-state index >= 15 is 0 Å². The van der Waals surface area contributed by atoms with Crippen LogP contribution < -0.4 is 5.56 Å². The number of aromatic nitrogens is 2. The molecular weight excluding hydrogens is 398 g/mol. The van der Waals surface area contributed by atoms with Crippen LogP contribution in [0.15, 0.2) is 53.3 Å². The van der Waals surface area contributed by atoms with Crippen molar-refractivity contribution >= 4 is 16.8 Å². The number of benzene rings is 2. The molecule has 0 radical (unpaired) electrons. The van der Waals surface area contributed by atoms with Gasteiger partial charge in [0, 0.05) is 12.5 Å². The Morgan fingerprint density at radius 2 is 1.81 bits per heavy atom. The average molecular weight is 432 g/mol. The summed E-state index contributed by atoms with van der Waals surface area (Å²) in [6, 6.07) is 15.0. The zero-order valence-electron chi connectivity index (χ0n) is 19.5. The molecule has 5 heteroatoms. The normalized spacial score (nSPS) is 15.4. The number of fused-ring (bicyclic) bond motifs is 1. The van der Waals surface area contributed by atoms with E-state index in [2.05, 4.69) is 13.8 Å². The van der Waals surface area contributed by atoms with E-state index in [0.29, 0.717) is 29.2 Å². The Bertz CT molecular complexity index is 1170. The van der Waals surface area contributed by atoms with Gasteiger partial charge in [-0.25, -0.2) is 4.98 Å². The van der Waals surface area contributed by atoms with E-state index in [1.54, 1.807) is 4.57 Å². The largest absolute Gasteiger partial charge is 0.332 e. The summed E-state index contributed by atoms with van der Waals surface area (Å²) in [4.78, 5) is 34.1. The molecule has 0 saturated heterocycles. The zero-order chi connectivity index (χ0) is 22.8. The Morgan fingerprint density at radius 3 is 2.50 bits per heavy atom. The first kappa shape index (κ1) is 22.3. The van der Waals surface area contributed by atoms with E-state index < -0.39 is 0 Å². The van der Waals surface area contributed by atoms with Crippen molar-refractivity contribution in [3.8, 4) is 5.69 Å². The third-order valence-electron chi connectivity index (χ3n) is 6.45. The van der Waals surface area contributed by atoms with Gasteiger partial charge in [0.05, 0.1) is 22.6 Å². The first-order chi connectivity index (χ1) is 15.4. The molecule has 0 aliphatic heterocycles. The maximum absolute atomic E-state index is 13.7. The minimum Gasteiger partial charge on any atom is -0.332 e. The molecule has 3 aromatic rings. The van der Waals surface area contributed by atoms with E-state index in [1.807, 2.05) is 67.3 Å². The molecule has 4 rings (SSSR count). The topological polar surface area (TPSA) is 55.2 Å². The molecule has 1 heterocycles. The standard InChI is InChI=1S/C27H33N3O2/c1-18(2)17-29(26(31)21-11-5-6-12-21)20(4)25-28-24-15-8-7-14-23(24)27(32)30(25)22-13-9-10-19(3)16-22/h7-10,13-16,18,20-21H,5-6,11-12,17H2,1-4H3. The van der Waals surface area contributed by atoms with Gasteiger partial charge in [0.1, 0.15) is 5.82 Å². The number of para-hydroxylation sites is 1. The summed E-state index contributed by atoms with van der Waals surface area (Å²) < 4.78 is 1.70. The predicted molar refractivity (Wildman–Crippen MR) is 129 cm³/mol.